The van der Waals surface area contributed by atoms with Crippen molar-refractivity contribution >= 4 is 46.4 Å². The van der Waals surface area contributed by atoms with Gasteiger partial charge in [0.15, 0.2) is 0 Å². The van der Waals surface area contributed by atoms with Gasteiger partial charge in [-0.15, -0.1) is 0 Å². The van der Waals surface area contributed by atoms with Crippen LogP contribution in [0.1, 0.15) is 22.3 Å². The molecule has 2 N–H and O–H groups in total. The van der Waals surface area contributed by atoms with Crippen molar-refractivity contribution in [2.45, 2.75) is 12.8 Å². The van der Waals surface area contributed by atoms with Crippen molar-refractivity contribution in [1.82, 2.24) is 0 Å². The third-order valence-electron chi connectivity index (χ3n) is 3.44. The molecule has 3 rings (SSSR count). The highest BCUT2D eigenvalue weighted by Crippen LogP contribution is 2.27. The van der Waals surface area contributed by atoms with Crippen LogP contribution in [-0.4, -0.2) is 11.8 Å². The Bertz CT molecular complexity index is 775. The van der Waals surface area contributed by atoms with Crippen molar-refractivity contribution in [2.24, 2.45) is 0 Å². The predicted octanol–water partition coefficient (Wildman–Crippen LogP) is 4.13. The summed E-state index contributed by atoms with van der Waals surface area (Å²) < 4.78 is 0. The summed E-state index contributed by atoms with van der Waals surface area (Å²) in [6.07, 6.45) is 1.05. The smallest absolute Gasteiger partial charge is 0.255 e. The van der Waals surface area contributed by atoms with Crippen LogP contribution >= 0.6 is 23.2 Å². The predicted molar refractivity (Wildman–Crippen MR) is 87.8 cm³/mol. The Hall–Kier alpha value is -2.04. The molecule has 0 fully saturated rings. The Kier molecular flexibility index (Phi) is 4.05. The first kappa shape index (κ1) is 14.9. The van der Waals surface area contributed by atoms with Gasteiger partial charge in [-0.3, -0.25) is 9.59 Å². The Morgan fingerprint density at radius 3 is 2.73 bits per heavy atom. The minimum Gasteiger partial charge on any atom is -0.326 e. The average Bonchev–Trinajstić information content (AvgIpc) is 2.50. The van der Waals surface area contributed by atoms with Gasteiger partial charge in [-0.05, 0) is 48.4 Å². The Balaban J connectivity index is 1.84. The van der Waals surface area contributed by atoms with Gasteiger partial charge in [0, 0.05) is 22.7 Å². The summed E-state index contributed by atoms with van der Waals surface area (Å²) in [5.74, 6) is -0.278. The molecule has 1 aliphatic heterocycles. The van der Waals surface area contributed by atoms with E-state index in [-0.39, 0.29) is 11.8 Å². The van der Waals surface area contributed by atoms with Crippen LogP contribution in [0.15, 0.2) is 36.4 Å². The molecule has 0 saturated heterocycles. The van der Waals surface area contributed by atoms with Gasteiger partial charge < -0.3 is 10.6 Å². The van der Waals surface area contributed by atoms with E-state index in [0.29, 0.717) is 34.1 Å². The molecule has 0 aliphatic carbocycles. The van der Waals surface area contributed by atoms with Crippen LogP contribution < -0.4 is 10.6 Å². The number of carbonyl (C=O) groups excluding carboxylic acids is 2. The molecule has 0 bridgehead atoms. The first-order valence-electron chi connectivity index (χ1n) is 6.72. The van der Waals surface area contributed by atoms with E-state index in [4.69, 9.17) is 23.2 Å². The normalized spacial score (nSPS) is 13.3. The van der Waals surface area contributed by atoms with E-state index in [1.165, 1.54) is 0 Å². The van der Waals surface area contributed by atoms with E-state index in [1.807, 2.05) is 0 Å². The summed E-state index contributed by atoms with van der Waals surface area (Å²) in [5, 5.41) is 6.44. The summed E-state index contributed by atoms with van der Waals surface area (Å²) in [7, 11) is 0. The second-order valence-electron chi connectivity index (χ2n) is 5.00. The topological polar surface area (TPSA) is 58.2 Å². The molecule has 4 nitrogen and oxygen atoms in total. The van der Waals surface area contributed by atoms with Crippen molar-refractivity contribution in [1.29, 1.82) is 0 Å². The quantitative estimate of drug-likeness (QED) is 0.867. The van der Waals surface area contributed by atoms with Gasteiger partial charge in [0.25, 0.3) is 5.91 Å². The number of carbonyl (C=O) groups is 2. The molecule has 0 radical (unpaired) electrons. The minimum atomic E-state index is -0.274. The highest BCUT2D eigenvalue weighted by Gasteiger charge is 2.17. The SMILES string of the molecule is O=C1CCc2cc(C(=O)Nc3cc(Cl)ccc3Cl)ccc2N1. The largest absolute Gasteiger partial charge is 0.326 e. The van der Waals surface area contributed by atoms with Crippen molar-refractivity contribution in [3.05, 3.63) is 57.6 Å². The first-order valence-corrected chi connectivity index (χ1v) is 7.48. The van der Waals surface area contributed by atoms with E-state index < -0.39 is 0 Å². The van der Waals surface area contributed by atoms with Crippen LogP contribution in [0.25, 0.3) is 0 Å². The molecular weight excluding hydrogens is 323 g/mol. The van der Waals surface area contributed by atoms with Crippen LogP contribution in [-0.2, 0) is 11.2 Å². The molecular formula is C16H12Cl2N2O2. The summed E-state index contributed by atoms with van der Waals surface area (Å²) in [5.41, 5.74) is 2.68. The number of nitrogens with one attached hydrogen (secondary N) is 2. The lowest BCUT2D eigenvalue weighted by Crippen LogP contribution is -2.20. The number of hydrogen-bond donors (Lipinski definition) is 2. The van der Waals surface area contributed by atoms with Gasteiger partial charge in [-0.2, -0.15) is 0 Å². The van der Waals surface area contributed by atoms with E-state index in [1.54, 1.807) is 36.4 Å². The van der Waals surface area contributed by atoms with Gasteiger partial charge in [0.1, 0.15) is 0 Å². The van der Waals surface area contributed by atoms with Crippen molar-refractivity contribution in [3.63, 3.8) is 0 Å². The number of rotatable bonds is 2. The van der Waals surface area contributed by atoms with Gasteiger partial charge in [-0.25, -0.2) is 0 Å². The maximum atomic E-state index is 12.3. The lowest BCUT2D eigenvalue weighted by atomic mass is 10.00. The molecule has 22 heavy (non-hydrogen) atoms. The number of anilines is 2. The molecule has 6 heteroatoms. The van der Waals surface area contributed by atoms with Crippen LogP contribution in [0.5, 0.6) is 0 Å². The molecule has 0 spiro atoms. The summed E-state index contributed by atoms with van der Waals surface area (Å²) in [6, 6.07) is 10.1. The van der Waals surface area contributed by atoms with Crippen molar-refractivity contribution < 1.29 is 9.59 Å². The molecule has 0 atom stereocenters. The monoisotopic (exact) mass is 334 g/mol. The van der Waals surface area contributed by atoms with Crippen LogP contribution in [0.3, 0.4) is 0 Å². The standard InChI is InChI=1S/C16H12Cl2N2O2/c17-11-3-4-12(18)14(8-11)20-16(22)10-1-5-13-9(7-10)2-6-15(21)19-13/h1,3-5,7-8H,2,6H2,(H,19,21)(H,20,22). The average molecular weight is 335 g/mol. The zero-order valence-corrected chi connectivity index (χ0v) is 13.0. The second-order valence-corrected chi connectivity index (χ2v) is 5.84. The fourth-order valence-corrected chi connectivity index (χ4v) is 2.65. The Morgan fingerprint density at radius 1 is 1.09 bits per heavy atom. The zero-order valence-electron chi connectivity index (χ0n) is 11.5. The van der Waals surface area contributed by atoms with E-state index >= 15 is 0 Å². The fraction of sp³-hybridized carbons (Fsp3) is 0.125. The van der Waals surface area contributed by atoms with E-state index in [9.17, 15) is 9.59 Å². The molecule has 2 amide bonds. The molecule has 0 saturated carbocycles. The second kappa shape index (κ2) is 5.99. The fourth-order valence-electron chi connectivity index (χ4n) is 2.31. The van der Waals surface area contributed by atoms with E-state index in [0.717, 1.165) is 11.3 Å². The van der Waals surface area contributed by atoms with Gasteiger partial charge in [0.2, 0.25) is 5.91 Å². The maximum Gasteiger partial charge on any atom is 0.255 e. The molecule has 1 heterocycles. The van der Waals surface area contributed by atoms with Crippen LogP contribution in [0.2, 0.25) is 10.0 Å². The minimum absolute atomic E-state index is 0.00425. The number of halogens is 2. The van der Waals surface area contributed by atoms with Crippen LogP contribution in [0, 0.1) is 0 Å². The first-order chi connectivity index (χ1) is 10.5. The van der Waals surface area contributed by atoms with Gasteiger partial charge in [-0.1, -0.05) is 23.2 Å². The lowest BCUT2D eigenvalue weighted by Gasteiger charge is -2.17. The number of fused-ring (bicyclic) bond motifs is 1. The van der Waals surface area contributed by atoms with Crippen molar-refractivity contribution in [2.75, 3.05) is 10.6 Å². The number of aryl methyl sites for hydroxylation is 1. The third kappa shape index (κ3) is 3.08. The summed E-state index contributed by atoms with van der Waals surface area (Å²) in [6.45, 7) is 0. The van der Waals surface area contributed by atoms with Gasteiger partial charge >= 0.3 is 0 Å². The molecule has 2 aromatic carbocycles. The van der Waals surface area contributed by atoms with Crippen LogP contribution in [0.4, 0.5) is 11.4 Å². The van der Waals surface area contributed by atoms with Crippen molar-refractivity contribution in [3.8, 4) is 0 Å². The number of benzene rings is 2. The highest BCUT2D eigenvalue weighted by atomic mass is 35.5. The summed E-state index contributed by atoms with van der Waals surface area (Å²) in [4.78, 5) is 23.7. The highest BCUT2D eigenvalue weighted by molar-refractivity contribution is 6.35. The maximum absolute atomic E-state index is 12.3. The Morgan fingerprint density at radius 2 is 1.91 bits per heavy atom. The number of amides is 2. The molecule has 1 aliphatic rings. The zero-order chi connectivity index (χ0) is 15.7. The lowest BCUT2D eigenvalue weighted by molar-refractivity contribution is -0.116. The molecule has 0 unspecified atom stereocenters. The summed E-state index contributed by atoms with van der Waals surface area (Å²) >= 11 is 11.9. The molecule has 2 aromatic rings. The third-order valence-corrected chi connectivity index (χ3v) is 4.00. The Labute approximate surface area is 137 Å². The number of hydrogen-bond acceptors (Lipinski definition) is 2. The molecule has 112 valence electrons. The van der Waals surface area contributed by atoms with Gasteiger partial charge in [0.05, 0.1) is 10.7 Å². The van der Waals surface area contributed by atoms with E-state index in [2.05, 4.69) is 10.6 Å². The molecule has 0 aromatic heterocycles.